The van der Waals surface area contributed by atoms with Crippen LogP contribution in [0.5, 0.6) is 17.2 Å². The van der Waals surface area contributed by atoms with Gasteiger partial charge >= 0.3 is 0 Å². The lowest BCUT2D eigenvalue weighted by Gasteiger charge is -2.19. The summed E-state index contributed by atoms with van der Waals surface area (Å²) in [5.74, 6) is 3.25. The first-order chi connectivity index (χ1) is 12.6. The molecule has 7 heteroatoms. The highest BCUT2D eigenvalue weighted by Gasteiger charge is 2.23. The zero-order valence-corrected chi connectivity index (χ0v) is 15.4. The van der Waals surface area contributed by atoms with Gasteiger partial charge in [0.15, 0.2) is 11.5 Å². The minimum atomic E-state index is 0.193. The molecule has 0 aliphatic carbocycles. The first kappa shape index (κ1) is 17.2. The molecule has 4 rings (SSSR count). The highest BCUT2D eigenvalue weighted by molar-refractivity contribution is 5.66. The molecule has 1 saturated heterocycles. The molecule has 26 heavy (non-hydrogen) atoms. The highest BCUT2D eigenvalue weighted by Crippen LogP contribution is 2.44. The fourth-order valence-electron chi connectivity index (χ4n) is 3.41. The van der Waals surface area contributed by atoms with Gasteiger partial charge in [0.25, 0.3) is 0 Å². The van der Waals surface area contributed by atoms with Crippen molar-refractivity contribution in [1.82, 2.24) is 9.88 Å². The Morgan fingerprint density at radius 2 is 2.19 bits per heavy atom. The van der Waals surface area contributed by atoms with Gasteiger partial charge in [0.1, 0.15) is 5.76 Å². The van der Waals surface area contributed by atoms with Gasteiger partial charge in [-0.2, -0.15) is 0 Å². The second-order valence-electron chi connectivity index (χ2n) is 6.77. The molecule has 0 saturated carbocycles. The van der Waals surface area contributed by atoms with Crippen LogP contribution in [0.3, 0.4) is 0 Å². The van der Waals surface area contributed by atoms with Gasteiger partial charge in [-0.25, -0.2) is 4.98 Å². The molecular formula is C19H24N2O5. The van der Waals surface area contributed by atoms with E-state index in [2.05, 4.69) is 11.9 Å². The van der Waals surface area contributed by atoms with E-state index >= 15 is 0 Å². The first-order valence-electron chi connectivity index (χ1n) is 8.88. The summed E-state index contributed by atoms with van der Waals surface area (Å²) in [6.07, 6.45) is 2.60. The standard InChI is InChI=1S/C19H24N2O5/c1-12-15(10-21(2)9-14-5-4-6-23-14)20-19(26-12)13-7-16(22-3)18-17(8-13)24-11-25-18/h7-8,14H,4-6,9-11H2,1-3H3. The SMILES string of the molecule is COc1cc(-c2nc(CN(C)CC3CCCO3)c(C)o2)cc2c1OCO2. The van der Waals surface area contributed by atoms with E-state index in [1.54, 1.807) is 7.11 Å². The fourth-order valence-corrected chi connectivity index (χ4v) is 3.41. The molecule has 0 bridgehead atoms. The number of hydrogen-bond acceptors (Lipinski definition) is 7. The number of likely N-dealkylation sites (N-methyl/N-ethyl adjacent to an activating group) is 1. The second kappa shape index (κ2) is 7.17. The largest absolute Gasteiger partial charge is 0.493 e. The predicted octanol–water partition coefficient (Wildman–Crippen LogP) is 3.00. The Hall–Kier alpha value is -2.25. The summed E-state index contributed by atoms with van der Waals surface area (Å²) < 4.78 is 27.9. The maximum Gasteiger partial charge on any atom is 0.231 e. The van der Waals surface area contributed by atoms with Crippen LogP contribution >= 0.6 is 0 Å². The van der Waals surface area contributed by atoms with Crippen LogP contribution in [0.1, 0.15) is 24.3 Å². The van der Waals surface area contributed by atoms with Crippen molar-refractivity contribution in [2.75, 3.05) is 34.1 Å². The molecule has 1 atom stereocenters. The van der Waals surface area contributed by atoms with Crippen LogP contribution in [0.25, 0.3) is 11.5 Å². The molecular weight excluding hydrogens is 336 g/mol. The molecule has 2 aliphatic rings. The van der Waals surface area contributed by atoms with Gasteiger partial charge in [-0.1, -0.05) is 0 Å². The Morgan fingerprint density at radius 3 is 2.96 bits per heavy atom. The molecule has 2 aliphatic heterocycles. The van der Waals surface area contributed by atoms with Gasteiger partial charge < -0.3 is 23.4 Å². The Bertz CT molecular complexity index is 782. The summed E-state index contributed by atoms with van der Waals surface area (Å²) in [5, 5.41) is 0. The lowest BCUT2D eigenvalue weighted by atomic mass is 10.2. The number of ether oxygens (including phenoxy) is 4. The number of nitrogens with zero attached hydrogens (tertiary/aromatic N) is 2. The smallest absolute Gasteiger partial charge is 0.231 e. The summed E-state index contributed by atoms with van der Waals surface area (Å²) >= 11 is 0. The normalized spacial score (nSPS) is 18.7. The third kappa shape index (κ3) is 3.37. The third-order valence-corrected chi connectivity index (χ3v) is 4.76. The van der Waals surface area contributed by atoms with E-state index in [1.807, 2.05) is 19.1 Å². The summed E-state index contributed by atoms with van der Waals surface area (Å²) in [4.78, 5) is 6.92. The summed E-state index contributed by atoms with van der Waals surface area (Å²) in [5.41, 5.74) is 1.74. The molecule has 0 amide bonds. The number of fused-ring (bicyclic) bond motifs is 1. The minimum absolute atomic E-state index is 0.193. The van der Waals surface area contributed by atoms with Crippen LogP contribution in [-0.2, 0) is 11.3 Å². The van der Waals surface area contributed by atoms with Crippen LogP contribution in [0, 0.1) is 6.92 Å². The van der Waals surface area contributed by atoms with E-state index in [4.69, 9.17) is 28.3 Å². The maximum atomic E-state index is 5.91. The Kier molecular flexibility index (Phi) is 4.74. The van der Waals surface area contributed by atoms with Gasteiger partial charge in [-0.15, -0.1) is 0 Å². The number of aromatic nitrogens is 1. The number of aryl methyl sites for hydroxylation is 1. The van der Waals surface area contributed by atoms with Gasteiger partial charge in [0.2, 0.25) is 18.4 Å². The van der Waals surface area contributed by atoms with E-state index in [0.29, 0.717) is 29.2 Å². The van der Waals surface area contributed by atoms with Crippen molar-refractivity contribution in [3.63, 3.8) is 0 Å². The van der Waals surface area contributed by atoms with E-state index in [-0.39, 0.29) is 6.79 Å². The molecule has 1 fully saturated rings. The fraction of sp³-hybridized carbons (Fsp3) is 0.526. The van der Waals surface area contributed by atoms with Gasteiger partial charge in [-0.3, -0.25) is 4.90 Å². The Balaban J connectivity index is 1.53. The molecule has 1 aromatic carbocycles. The third-order valence-electron chi connectivity index (χ3n) is 4.76. The van der Waals surface area contributed by atoms with E-state index in [1.165, 1.54) is 0 Å². The van der Waals surface area contributed by atoms with Crippen LogP contribution in [0.4, 0.5) is 0 Å². The topological polar surface area (TPSA) is 66.2 Å². The second-order valence-corrected chi connectivity index (χ2v) is 6.77. The summed E-state index contributed by atoms with van der Waals surface area (Å²) in [6, 6.07) is 3.73. The minimum Gasteiger partial charge on any atom is -0.493 e. The molecule has 0 spiro atoms. The quantitative estimate of drug-likeness (QED) is 0.784. The van der Waals surface area contributed by atoms with Crippen LogP contribution in [0.15, 0.2) is 16.5 Å². The van der Waals surface area contributed by atoms with Gasteiger partial charge in [0.05, 0.1) is 18.9 Å². The predicted molar refractivity (Wildman–Crippen MR) is 94.7 cm³/mol. The van der Waals surface area contributed by atoms with Gasteiger partial charge in [0, 0.05) is 25.3 Å². The lowest BCUT2D eigenvalue weighted by Crippen LogP contribution is -2.28. The Morgan fingerprint density at radius 1 is 1.31 bits per heavy atom. The lowest BCUT2D eigenvalue weighted by molar-refractivity contribution is 0.0789. The molecule has 0 N–H and O–H groups in total. The molecule has 1 unspecified atom stereocenters. The van der Waals surface area contributed by atoms with E-state index < -0.39 is 0 Å². The first-order valence-corrected chi connectivity index (χ1v) is 8.88. The van der Waals surface area contributed by atoms with E-state index in [0.717, 1.165) is 49.6 Å². The maximum absolute atomic E-state index is 5.91. The van der Waals surface area contributed by atoms with Gasteiger partial charge in [-0.05, 0) is 38.9 Å². The number of oxazole rings is 1. The van der Waals surface area contributed by atoms with Crippen molar-refractivity contribution in [3.8, 4) is 28.7 Å². The zero-order valence-electron chi connectivity index (χ0n) is 15.4. The molecule has 0 radical (unpaired) electrons. The molecule has 7 nitrogen and oxygen atoms in total. The average molecular weight is 360 g/mol. The molecule has 140 valence electrons. The number of methoxy groups -OCH3 is 1. The van der Waals surface area contributed by atoms with Crippen LogP contribution in [-0.4, -0.2) is 50.1 Å². The van der Waals surface area contributed by atoms with Crippen molar-refractivity contribution in [2.45, 2.75) is 32.4 Å². The molecule has 1 aromatic heterocycles. The summed E-state index contributed by atoms with van der Waals surface area (Å²) in [6.45, 7) is 4.63. The highest BCUT2D eigenvalue weighted by atomic mass is 16.7. The average Bonchev–Trinajstić information content (AvgIpc) is 3.36. The number of hydrogen-bond donors (Lipinski definition) is 0. The van der Waals surface area contributed by atoms with Crippen molar-refractivity contribution in [2.24, 2.45) is 0 Å². The number of rotatable bonds is 6. The Labute approximate surface area is 152 Å². The molecule has 2 aromatic rings. The van der Waals surface area contributed by atoms with Crippen LogP contribution < -0.4 is 14.2 Å². The van der Waals surface area contributed by atoms with Crippen molar-refractivity contribution in [3.05, 3.63) is 23.6 Å². The van der Waals surface area contributed by atoms with Crippen molar-refractivity contribution >= 4 is 0 Å². The zero-order chi connectivity index (χ0) is 18.1. The van der Waals surface area contributed by atoms with Crippen LogP contribution in [0.2, 0.25) is 0 Å². The van der Waals surface area contributed by atoms with Crippen molar-refractivity contribution < 1.29 is 23.4 Å². The van der Waals surface area contributed by atoms with Crippen molar-refractivity contribution in [1.29, 1.82) is 0 Å². The number of benzene rings is 1. The molecule has 3 heterocycles. The van der Waals surface area contributed by atoms with E-state index in [9.17, 15) is 0 Å². The summed E-state index contributed by atoms with van der Waals surface area (Å²) in [7, 11) is 3.69. The monoisotopic (exact) mass is 360 g/mol.